The van der Waals surface area contributed by atoms with E-state index in [1.54, 1.807) is 19.4 Å². The lowest BCUT2D eigenvalue weighted by Crippen LogP contribution is -2.36. The molecule has 0 unspecified atom stereocenters. The minimum atomic E-state index is 0.195. The number of nitrogens with zero attached hydrogens (tertiary/aromatic N) is 4. The number of hydrogen-bond donors (Lipinski definition) is 2. The molecule has 3 aromatic rings. The molecule has 3 heterocycles. The minimum absolute atomic E-state index is 0.195. The Labute approximate surface area is 163 Å². The van der Waals surface area contributed by atoms with E-state index < -0.39 is 0 Å². The summed E-state index contributed by atoms with van der Waals surface area (Å²) in [6, 6.07) is 13.7. The van der Waals surface area contributed by atoms with E-state index in [9.17, 15) is 0 Å². The molecule has 0 spiro atoms. The average Bonchev–Trinajstić information content (AvgIpc) is 2.74. The molecule has 144 valence electrons. The molecule has 2 aromatic heterocycles. The van der Waals surface area contributed by atoms with Crippen LogP contribution in [0.3, 0.4) is 0 Å². The molecule has 0 radical (unpaired) electrons. The van der Waals surface area contributed by atoms with Crippen molar-refractivity contribution in [2.45, 2.75) is 0 Å². The molecule has 28 heavy (non-hydrogen) atoms. The number of methoxy groups -OCH3 is 1. The molecule has 4 rings (SSSR count). The molecular formula is C20H22N6O2. The highest BCUT2D eigenvalue weighted by Crippen LogP contribution is 2.25. The lowest BCUT2D eigenvalue weighted by Gasteiger charge is -2.28. The van der Waals surface area contributed by atoms with Crippen LogP contribution in [-0.4, -0.2) is 48.4 Å². The van der Waals surface area contributed by atoms with Gasteiger partial charge in [0.15, 0.2) is 0 Å². The Morgan fingerprint density at radius 1 is 1.07 bits per heavy atom. The van der Waals surface area contributed by atoms with Gasteiger partial charge in [0.05, 0.1) is 26.0 Å². The van der Waals surface area contributed by atoms with E-state index in [1.165, 1.54) is 5.69 Å². The first-order valence-electron chi connectivity index (χ1n) is 9.06. The molecular weight excluding hydrogens is 356 g/mol. The molecule has 1 aliphatic heterocycles. The monoisotopic (exact) mass is 378 g/mol. The fraction of sp³-hybridized carbons (Fsp3) is 0.250. The van der Waals surface area contributed by atoms with Crippen molar-refractivity contribution in [2.24, 2.45) is 0 Å². The highest BCUT2D eigenvalue weighted by atomic mass is 16.5. The first-order chi connectivity index (χ1) is 13.7. The van der Waals surface area contributed by atoms with Crippen LogP contribution < -0.4 is 20.7 Å². The molecule has 0 saturated carbocycles. The number of ether oxygens (including phenoxy) is 2. The molecule has 3 N–H and O–H groups in total. The van der Waals surface area contributed by atoms with Crippen LogP contribution in [0.15, 0.2) is 48.7 Å². The van der Waals surface area contributed by atoms with Crippen molar-refractivity contribution in [3.8, 4) is 17.1 Å². The normalized spacial score (nSPS) is 14.0. The SMILES string of the molecule is COc1ccc(-c2cc(Nc3ccc(N4CCOCC4)cc3)nc(N)n2)cn1. The first-order valence-corrected chi connectivity index (χ1v) is 9.06. The number of nitrogen functional groups attached to an aromatic ring is 1. The summed E-state index contributed by atoms with van der Waals surface area (Å²) in [7, 11) is 1.58. The summed E-state index contributed by atoms with van der Waals surface area (Å²) in [5.41, 5.74) is 9.53. The first kappa shape index (κ1) is 18.0. The molecule has 8 nitrogen and oxygen atoms in total. The van der Waals surface area contributed by atoms with Crippen molar-refractivity contribution in [1.82, 2.24) is 15.0 Å². The summed E-state index contributed by atoms with van der Waals surface area (Å²) in [6.07, 6.45) is 1.70. The maximum absolute atomic E-state index is 5.90. The van der Waals surface area contributed by atoms with Crippen LogP contribution in [0, 0.1) is 0 Å². The van der Waals surface area contributed by atoms with Crippen LogP contribution in [-0.2, 0) is 4.74 Å². The van der Waals surface area contributed by atoms with E-state index in [2.05, 4.69) is 37.3 Å². The Balaban J connectivity index is 1.51. The summed E-state index contributed by atoms with van der Waals surface area (Å²) in [4.78, 5) is 15.1. The number of benzene rings is 1. The number of morpholine rings is 1. The largest absolute Gasteiger partial charge is 0.481 e. The molecule has 1 aromatic carbocycles. The third-order valence-electron chi connectivity index (χ3n) is 4.50. The lowest BCUT2D eigenvalue weighted by molar-refractivity contribution is 0.122. The van der Waals surface area contributed by atoms with Gasteiger partial charge >= 0.3 is 0 Å². The average molecular weight is 378 g/mol. The van der Waals surface area contributed by atoms with E-state index in [4.69, 9.17) is 15.2 Å². The topological polar surface area (TPSA) is 98.4 Å². The van der Waals surface area contributed by atoms with Crippen LogP contribution in [0.5, 0.6) is 5.88 Å². The van der Waals surface area contributed by atoms with Crippen molar-refractivity contribution >= 4 is 23.1 Å². The molecule has 0 bridgehead atoms. The number of hydrogen-bond acceptors (Lipinski definition) is 8. The summed E-state index contributed by atoms with van der Waals surface area (Å²) in [5.74, 6) is 1.36. The van der Waals surface area contributed by atoms with Gasteiger partial charge in [-0.25, -0.2) is 9.97 Å². The Bertz CT molecular complexity index is 924. The number of nitrogens with one attached hydrogen (secondary N) is 1. The lowest BCUT2D eigenvalue weighted by atomic mass is 10.2. The fourth-order valence-corrected chi connectivity index (χ4v) is 3.06. The number of aromatic nitrogens is 3. The van der Waals surface area contributed by atoms with Gasteiger partial charge in [0.25, 0.3) is 0 Å². The maximum atomic E-state index is 5.90. The van der Waals surface area contributed by atoms with Crippen molar-refractivity contribution in [3.63, 3.8) is 0 Å². The van der Waals surface area contributed by atoms with Crippen LogP contribution in [0.1, 0.15) is 0 Å². The van der Waals surface area contributed by atoms with Crippen LogP contribution >= 0.6 is 0 Å². The molecule has 0 atom stereocenters. The quantitative estimate of drug-likeness (QED) is 0.699. The van der Waals surface area contributed by atoms with Gasteiger partial charge in [0.2, 0.25) is 11.8 Å². The smallest absolute Gasteiger partial charge is 0.222 e. The van der Waals surface area contributed by atoms with E-state index >= 15 is 0 Å². The molecule has 1 fully saturated rings. The second-order valence-corrected chi connectivity index (χ2v) is 6.36. The van der Waals surface area contributed by atoms with Gasteiger partial charge in [0, 0.05) is 48.4 Å². The van der Waals surface area contributed by atoms with Gasteiger partial charge in [0.1, 0.15) is 5.82 Å². The van der Waals surface area contributed by atoms with Gasteiger partial charge in [-0.05, 0) is 30.3 Å². The summed E-state index contributed by atoms with van der Waals surface area (Å²) in [6.45, 7) is 3.36. The van der Waals surface area contributed by atoms with E-state index in [-0.39, 0.29) is 5.95 Å². The van der Waals surface area contributed by atoms with Gasteiger partial charge in [-0.3, -0.25) is 0 Å². The fourth-order valence-electron chi connectivity index (χ4n) is 3.06. The van der Waals surface area contributed by atoms with Gasteiger partial charge in [-0.1, -0.05) is 0 Å². The predicted octanol–water partition coefficient (Wildman–Crippen LogP) is 2.71. The highest BCUT2D eigenvalue weighted by molar-refractivity contribution is 5.67. The van der Waals surface area contributed by atoms with Crippen LogP contribution in [0.2, 0.25) is 0 Å². The van der Waals surface area contributed by atoms with E-state index in [0.717, 1.165) is 37.6 Å². The van der Waals surface area contributed by atoms with Crippen molar-refractivity contribution < 1.29 is 9.47 Å². The summed E-state index contributed by atoms with van der Waals surface area (Å²) >= 11 is 0. The third-order valence-corrected chi connectivity index (χ3v) is 4.50. The van der Waals surface area contributed by atoms with Crippen LogP contribution in [0.25, 0.3) is 11.3 Å². The second kappa shape index (κ2) is 8.10. The van der Waals surface area contributed by atoms with Crippen molar-refractivity contribution in [2.75, 3.05) is 49.4 Å². The van der Waals surface area contributed by atoms with Crippen molar-refractivity contribution in [3.05, 3.63) is 48.7 Å². The third kappa shape index (κ3) is 4.12. The molecule has 1 aliphatic rings. The molecule has 1 saturated heterocycles. The number of anilines is 4. The van der Waals surface area contributed by atoms with Gasteiger partial charge < -0.3 is 25.4 Å². The zero-order valence-electron chi connectivity index (χ0n) is 15.6. The van der Waals surface area contributed by atoms with Crippen LogP contribution in [0.4, 0.5) is 23.1 Å². The standard InChI is InChI=1S/C20H22N6O2/c1-27-19-7-2-14(13-22-19)17-12-18(25-20(21)24-17)23-15-3-5-16(6-4-15)26-8-10-28-11-9-26/h2-7,12-13H,8-11H2,1H3,(H3,21,23,24,25). The highest BCUT2D eigenvalue weighted by Gasteiger charge is 2.11. The predicted molar refractivity (Wildman–Crippen MR) is 109 cm³/mol. The van der Waals surface area contributed by atoms with Gasteiger partial charge in [-0.2, -0.15) is 4.98 Å². The Morgan fingerprint density at radius 3 is 2.54 bits per heavy atom. The maximum Gasteiger partial charge on any atom is 0.222 e. The Kier molecular flexibility index (Phi) is 5.20. The molecule has 0 amide bonds. The Morgan fingerprint density at radius 2 is 1.86 bits per heavy atom. The molecule has 0 aliphatic carbocycles. The van der Waals surface area contributed by atoms with Crippen molar-refractivity contribution in [1.29, 1.82) is 0 Å². The zero-order chi connectivity index (χ0) is 19.3. The minimum Gasteiger partial charge on any atom is -0.481 e. The number of rotatable bonds is 5. The Hall–Kier alpha value is -3.39. The van der Waals surface area contributed by atoms with E-state index in [1.807, 2.05) is 24.3 Å². The summed E-state index contributed by atoms with van der Waals surface area (Å²) < 4.78 is 10.5. The summed E-state index contributed by atoms with van der Waals surface area (Å²) in [5, 5.41) is 3.29. The number of pyridine rings is 1. The molecule has 8 heteroatoms. The van der Waals surface area contributed by atoms with E-state index in [0.29, 0.717) is 17.4 Å². The number of nitrogens with two attached hydrogens (primary N) is 1. The second-order valence-electron chi connectivity index (χ2n) is 6.36. The van der Waals surface area contributed by atoms with Gasteiger partial charge in [-0.15, -0.1) is 0 Å². The zero-order valence-corrected chi connectivity index (χ0v) is 15.6.